The molecule has 0 heterocycles. The first-order valence-corrected chi connectivity index (χ1v) is 5.92. The van der Waals surface area contributed by atoms with Crippen molar-refractivity contribution in [3.63, 3.8) is 0 Å². The summed E-state index contributed by atoms with van der Waals surface area (Å²) in [7, 11) is 1.71. The number of fused-ring (bicyclic) bond motifs is 1. The van der Waals surface area contributed by atoms with Crippen LogP contribution in [0.1, 0.15) is 12.0 Å². The molecule has 0 aromatic heterocycles. The van der Waals surface area contributed by atoms with E-state index in [-0.39, 0.29) is 0 Å². The Kier molecular flexibility index (Phi) is 3.99. The number of hydrogen-bond donors (Lipinski definition) is 0. The Morgan fingerprint density at radius 1 is 1.06 bits per heavy atom. The fourth-order valence-corrected chi connectivity index (χ4v) is 1.92. The van der Waals surface area contributed by atoms with Crippen LogP contribution in [-0.4, -0.2) is 20.3 Å². The molecule has 0 amide bonds. The third kappa shape index (κ3) is 2.98. The molecule has 0 unspecified atom stereocenters. The molecule has 90 valence electrons. The first-order chi connectivity index (χ1) is 8.31. The van der Waals surface area contributed by atoms with Gasteiger partial charge in [0.25, 0.3) is 0 Å². The highest BCUT2D eigenvalue weighted by atomic mass is 16.5. The van der Waals surface area contributed by atoms with Gasteiger partial charge in [0, 0.05) is 25.5 Å². The van der Waals surface area contributed by atoms with Crippen molar-refractivity contribution in [2.24, 2.45) is 0 Å². The Bertz CT molecular complexity index is 491. The fourth-order valence-electron chi connectivity index (χ4n) is 1.92. The monoisotopic (exact) mass is 230 g/mol. The lowest BCUT2D eigenvalue weighted by Gasteiger charge is -2.10. The summed E-state index contributed by atoms with van der Waals surface area (Å²) in [4.78, 5) is 0. The third-order valence-electron chi connectivity index (χ3n) is 2.72. The summed E-state index contributed by atoms with van der Waals surface area (Å²) in [5.74, 6) is 0.969. The molecule has 0 saturated carbocycles. The zero-order valence-corrected chi connectivity index (χ0v) is 10.4. The second-order valence-corrected chi connectivity index (χ2v) is 4.18. The highest BCUT2D eigenvalue weighted by molar-refractivity contribution is 5.88. The Balaban J connectivity index is 2.20. The quantitative estimate of drug-likeness (QED) is 0.731. The number of ether oxygens (including phenoxy) is 2. The van der Waals surface area contributed by atoms with E-state index >= 15 is 0 Å². The molecule has 0 spiro atoms. The molecule has 0 aliphatic carbocycles. The maximum Gasteiger partial charge on any atom is 0.127 e. The molecule has 2 heteroatoms. The summed E-state index contributed by atoms with van der Waals surface area (Å²) in [5.41, 5.74) is 1.23. The summed E-state index contributed by atoms with van der Waals surface area (Å²) >= 11 is 0. The number of rotatable bonds is 5. The molecular formula is C15H18O2. The van der Waals surface area contributed by atoms with Crippen molar-refractivity contribution in [2.45, 2.75) is 13.3 Å². The Labute approximate surface area is 102 Å². The average Bonchev–Trinajstić information content (AvgIpc) is 2.34. The van der Waals surface area contributed by atoms with Crippen molar-refractivity contribution in [1.82, 2.24) is 0 Å². The van der Waals surface area contributed by atoms with E-state index in [2.05, 4.69) is 37.3 Å². The van der Waals surface area contributed by atoms with Gasteiger partial charge in [-0.1, -0.05) is 30.3 Å². The van der Waals surface area contributed by atoms with E-state index in [1.54, 1.807) is 7.11 Å². The van der Waals surface area contributed by atoms with Gasteiger partial charge in [0.05, 0.1) is 6.61 Å². The minimum absolute atomic E-state index is 0.696. The normalized spacial score (nSPS) is 10.7. The molecular weight excluding hydrogens is 212 g/mol. The first-order valence-electron chi connectivity index (χ1n) is 5.92. The van der Waals surface area contributed by atoms with Gasteiger partial charge in [-0.2, -0.15) is 0 Å². The molecule has 0 N–H and O–H groups in total. The van der Waals surface area contributed by atoms with Crippen molar-refractivity contribution in [1.29, 1.82) is 0 Å². The van der Waals surface area contributed by atoms with Crippen LogP contribution in [0.4, 0.5) is 0 Å². The molecule has 0 fully saturated rings. The van der Waals surface area contributed by atoms with E-state index in [9.17, 15) is 0 Å². The predicted octanol–water partition coefficient (Wildman–Crippen LogP) is 3.56. The number of methoxy groups -OCH3 is 1. The summed E-state index contributed by atoms with van der Waals surface area (Å²) in [6.07, 6.45) is 0.915. The SMILES string of the molecule is COCCCOc1cc(C)cc2ccccc12. The second kappa shape index (κ2) is 5.69. The predicted molar refractivity (Wildman–Crippen MR) is 70.7 cm³/mol. The second-order valence-electron chi connectivity index (χ2n) is 4.18. The van der Waals surface area contributed by atoms with Gasteiger partial charge < -0.3 is 9.47 Å². The van der Waals surface area contributed by atoms with E-state index in [4.69, 9.17) is 9.47 Å². The largest absolute Gasteiger partial charge is 0.493 e. The van der Waals surface area contributed by atoms with Gasteiger partial charge in [0.1, 0.15) is 5.75 Å². The van der Waals surface area contributed by atoms with Crippen LogP contribution in [0.5, 0.6) is 5.75 Å². The molecule has 2 nitrogen and oxygen atoms in total. The zero-order chi connectivity index (χ0) is 12.1. The molecule has 2 rings (SSSR count). The number of benzene rings is 2. The zero-order valence-electron chi connectivity index (χ0n) is 10.4. The van der Waals surface area contributed by atoms with Crippen LogP contribution in [-0.2, 0) is 4.74 Å². The van der Waals surface area contributed by atoms with Crippen molar-refractivity contribution in [3.8, 4) is 5.75 Å². The van der Waals surface area contributed by atoms with Crippen LogP contribution in [0, 0.1) is 6.92 Å². The molecule has 0 saturated heterocycles. The molecule has 0 bridgehead atoms. The fraction of sp³-hybridized carbons (Fsp3) is 0.333. The standard InChI is InChI=1S/C15H18O2/c1-12-10-13-6-3-4-7-14(13)15(11-12)17-9-5-8-16-2/h3-4,6-7,10-11H,5,8-9H2,1-2H3. The van der Waals surface area contributed by atoms with Gasteiger partial charge in [-0.25, -0.2) is 0 Å². The Morgan fingerprint density at radius 3 is 2.71 bits per heavy atom. The van der Waals surface area contributed by atoms with E-state index in [0.29, 0.717) is 6.61 Å². The lowest BCUT2D eigenvalue weighted by molar-refractivity contribution is 0.172. The van der Waals surface area contributed by atoms with Crippen LogP contribution >= 0.6 is 0 Å². The molecule has 2 aromatic carbocycles. The van der Waals surface area contributed by atoms with E-state index < -0.39 is 0 Å². The van der Waals surface area contributed by atoms with Crippen molar-refractivity contribution >= 4 is 10.8 Å². The van der Waals surface area contributed by atoms with Gasteiger partial charge in [-0.15, -0.1) is 0 Å². The Morgan fingerprint density at radius 2 is 1.88 bits per heavy atom. The summed E-state index contributed by atoms with van der Waals surface area (Å²) in [6, 6.07) is 12.6. The van der Waals surface area contributed by atoms with Crippen molar-refractivity contribution < 1.29 is 9.47 Å². The lowest BCUT2D eigenvalue weighted by atomic mass is 10.1. The molecule has 0 atom stereocenters. The highest BCUT2D eigenvalue weighted by Gasteiger charge is 2.02. The topological polar surface area (TPSA) is 18.5 Å². The van der Waals surface area contributed by atoms with Crippen molar-refractivity contribution in [2.75, 3.05) is 20.3 Å². The number of aryl methyl sites for hydroxylation is 1. The molecule has 0 aliphatic heterocycles. The van der Waals surface area contributed by atoms with Gasteiger partial charge in [0.15, 0.2) is 0 Å². The van der Waals surface area contributed by atoms with Crippen LogP contribution in [0.25, 0.3) is 10.8 Å². The minimum atomic E-state index is 0.696. The van der Waals surface area contributed by atoms with Crippen LogP contribution < -0.4 is 4.74 Å². The van der Waals surface area contributed by atoms with Gasteiger partial charge in [-0.3, -0.25) is 0 Å². The maximum absolute atomic E-state index is 5.82. The molecule has 0 aliphatic rings. The summed E-state index contributed by atoms with van der Waals surface area (Å²) < 4.78 is 10.8. The van der Waals surface area contributed by atoms with Crippen LogP contribution in [0.2, 0.25) is 0 Å². The van der Waals surface area contributed by atoms with E-state index in [0.717, 1.165) is 18.8 Å². The van der Waals surface area contributed by atoms with Crippen LogP contribution in [0.3, 0.4) is 0 Å². The lowest BCUT2D eigenvalue weighted by Crippen LogP contribution is -2.01. The summed E-state index contributed by atoms with van der Waals surface area (Å²) in [6.45, 7) is 3.53. The summed E-state index contributed by atoms with van der Waals surface area (Å²) in [5, 5.41) is 2.41. The molecule has 17 heavy (non-hydrogen) atoms. The minimum Gasteiger partial charge on any atom is -0.493 e. The van der Waals surface area contributed by atoms with Gasteiger partial charge in [0.2, 0.25) is 0 Å². The molecule has 0 radical (unpaired) electrons. The first kappa shape index (κ1) is 11.9. The number of hydrogen-bond acceptors (Lipinski definition) is 2. The van der Waals surface area contributed by atoms with Crippen molar-refractivity contribution in [3.05, 3.63) is 42.0 Å². The van der Waals surface area contributed by atoms with E-state index in [1.807, 2.05) is 6.07 Å². The average molecular weight is 230 g/mol. The van der Waals surface area contributed by atoms with Gasteiger partial charge >= 0.3 is 0 Å². The van der Waals surface area contributed by atoms with E-state index in [1.165, 1.54) is 16.3 Å². The maximum atomic E-state index is 5.82. The van der Waals surface area contributed by atoms with Gasteiger partial charge in [-0.05, 0) is 23.9 Å². The smallest absolute Gasteiger partial charge is 0.127 e. The Hall–Kier alpha value is -1.54. The molecule has 2 aromatic rings. The third-order valence-corrected chi connectivity index (χ3v) is 2.72. The highest BCUT2D eigenvalue weighted by Crippen LogP contribution is 2.27. The van der Waals surface area contributed by atoms with Crippen LogP contribution in [0.15, 0.2) is 36.4 Å².